The molecule has 5 nitrogen and oxygen atoms in total. The summed E-state index contributed by atoms with van der Waals surface area (Å²) in [4.78, 5) is 26.4. The highest BCUT2D eigenvalue weighted by molar-refractivity contribution is 5.89. The largest absolute Gasteiger partial charge is 0.352 e. The van der Waals surface area contributed by atoms with E-state index in [-0.39, 0.29) is 30.0 Å². The number of rotatable bonds is 6. The zero-order valence-corrected chi connectivity index (χ0v) is 17.1. The Labute approximate surface area is 175 Å². The molecule has 30 heavy (non-hydrogen) atoms. The maximum Gasteiger partial charge on any atom is 0.321 e. The van der Waals surface area contributed by atoms with E-state index < -0.39 is 11.6 Å². The number of benzene rings is 2. The van der Waals surface area contributed by atoms with Crippen molar-refractivity contribution >= 4 is 17.6 Å². The Hall–Kier alpha value is -2.96. The highest BCUT2D eigenvalue weighted by Crippen LogP contribution is 2.22. The third kappa shape index (κ3) is 6.27. The number of anilines is 1. The molecule has 0 aromatic heterocycles. The van der Waals surface area contributed by atoms with Crippen molar-refractivity contribution in [3.05, 3.63) is 65.2 Å². The Morgan fingerprint density at radius 2 is 1.90 bits per heavy atom. The van der Waals surface area contributed by atoms with E-state index in [1.807, 2.05) is 31.2 Å². The highest BCUT2D eigenvalue weighted by atomic mass is 19.1. The van der Waals surface area contributed by atoms with Crippen molar-refractivity contribution in [1.29, 1.82) is 0 Å². The molecule has 0 spiro atoms. The van der Waals surface area contributed by atoms with E-state index in [0.29, 0.717) is 25.9 Å². The average Bonchev–Trinajstić information content (AvgIpc) is 2.73. The topological polar surface area (TPSA) is 61.4 Å². The van der Waals surface area contributed by atoms with Gasteiger partial charge in [0.2, 0.25) is 5.91 Å². The standard InChI is InChI=1S/C23H27F2N3O2/c1-16-4-9-20(10-5-16)27-23(30)28-12-2-3-17(15-28)6-11-22(29)26-14-18-7-8-19(24)13-21(18)25/h4-5,7-10,13,17H,2-3,6,11-12,14-15H2,1H3,(H,26,29)(H,27,30)/t17-/m0/s1. The summed E-state index contributed by atoms with van der Waals surface area (Å²) in [7, 11) is 0. The summed E-state index contributed by atoms with van der Waals surface area (Å²) in [5, 5.41) is 5.59. The molecule has 3 amide bonds. The van der Waals surface area contributed by atoms with Crippen LogP contribution in [0.25, 0.3) is 0 Å². The van der Waals surface area contributed by atoms with E-state index in [1.54, 1.807) is 4.90 Å². The maximum atomic E-state index is 13.6. The van der Waals surface area contributed by atoms with E-state index in [1.165, 1.54) is 12.1 Å². The van der Waals surface area contributed by atoms with Crippen LogP contribution in [0.1, 0.15) is 36.8 Å². The zero-order valence-electron chi connectivity index (χ0n) is 17.1. The number of carbonyl (C=O) groups is 2. The molecule has 0 unspecified atom stereocenters. The lowest BCUT2D eigenvalue weighted by molar-refractivity contribution is -0.121. The quantitative estimate of drug-likeness (QED) is 0.724. The Morgan fingerprint density at radius 3 is 2.63 bits per heavy atom. The van der Waals surface area contributed by atoms with Gasteiger partial charge in [0.1, 0.15) is 11.6 Å². The summed E-state index contributed by atoms with van der Waals surface area (Å²) >= 11 is 0. The van der Waals surface area contributed by atoms with E-state index in [2.05, 4.69) is 10.6 Å². The molecule has 2 aromatic rings. The average molecular weight is 415 g/mol. The van der Waals surface area contributed by atoms with E-state index in [9.17, 15) is 18.4 Å². The van der Waals surface area contributed by atoms with Crippen LogP contribution in [-0.4, -0.2) is 29.9 Å². The van der Waals surface area contributed by atoms with Crippen LogP contribution >= 0.6 is 0 Å². The van der Waals surface area contributed by atoms with Crippen LogP contribution in [0.3, 0.4) is 0 Å². The van der Waals surface area contributed by atoms with Crippen LogP contribution < -0.4 is 10.6 Å². The summed E-state index contributed by atoms with van der Waals surface area (Å²) in [6, 6.07) is 10.8. The fourth-order valence-corrected chi connectivity index (χ4v) is 3.61. The Kier molecular flexibility index (Phi) is 7.38. The number of nitrogens with one attached hydrogen (secondary N) is 2. The molecule has 0 saturated carbocycles. The van der Waals surface area contributed by atoms with Crippen molar-refractivity contribution in [3.63, 3.8) is 0 Å². The first kappa shape index (κ1) is 21.7. The minimum atomic E-state index is -0.669. The van der Waals surface area contributed by atoms with Gasteiger partial charge in [0, 0.05) is 43.4 Å². The van der Waals surface area contributed by atoms with Crippen LogP contribution in [0.4, 0.5) is 19.3 Å². The fraction of sp³-hybridized carbons (Fsp3) is 0.391. The van der Waals surface area contributed by atoms with Crippen molar-refractivity contribution in [2.75, 3.05) is 18.4 Å². The van der Waals surface area contributed by atoms with Gasteiger partial charge in [0.15, 0.2) is 0 Å². The van der Waals surface area contributed by atoms with Gasteiger partial charge in [0.25, 0.3) is 0 Å². The van der Waals surface area contributed by atoms with Gasteiger partial charge in [-0.3, -0.25) is 4.79 Å². The number of halogens is 2. The normalized spacial score (nSPS) is 16.2. The van der Waals surface area contributed by atoms with E-state index >= 15 is 0 Å². The van der Waals surface area contributed by atoms with Gasteiger partial charge >= 0.3 is 6.03 Å². The van der Waals surface area contributed by atoms with Gasteiger partial charge in [-0.05, 0) is 50.3 Å². The van der Waals surface area contributed by atoms with Crippen LogP contribution in [0, 0.1) is 24.5 Å². The minimum Gasteiger partial charge on any atom is -0.352 e. The second kappa shape index (κ2) is 10.2. The molecule has 1 atom stereocenters. The van der Waals surface area contributed by atoms with Gasteiger partial charge < -0.3 is 15.5 Å². The molecule has 7 heteroatoms. The third-order valence-corrected chi connectivity index (χ3v) is 5.38. The molecule has 0 bridgehead atoms. The number of hydrogen-bond acceptors (Lipinski definition) is 2. The first-order valence-corrected chi connectivity index (χ1v) is 10.2. The molecule has 1 heterocycles. The number of hydrogen-bond donors (Lipinski definition) is 2. The number of likely N-dealkylation sites (tertiary alicyclic amines) is 1. The Bertz CT molecular complexity index is 887. The van der Waals surface area contributed by atoms with Gasteiger partial charge in [-0.1, -0.05) is 23.8 Å². The van der Waals surface area contributed by atoms with Crippen molar-refractivity contribution in [1.82, 2.24) is 10.2 Å². The van der Waals surface area contributed by atoms with Crippen molar-refractivity contribution in [2.24, 2.45) is 5.92 Å². The van der Waals surface area contributed by atoms with Gasteiger partial charge in [-0.2, -0.15) is 0 Å². The third-order valence-electron chi connectivity index (χ3n) is 5.38. The Morgan fingerprint density at radius 1 is 1.13 bits per heavy atom. The maximum absolute atomic E-state index is 13.6. The molecule has 160 valence electrons. The molecule has 1 fully saturated rings. The SMILES string of the molecule is Cc1ccc(NC(=O)N2CCC[C@@H](CCC(=O)NCc3ccc(F)cc3F)C2)cc1. The Balaban J connectivity index is 1.42. The van der Waals surface area contributed by atoms with Gasteiger partial charge in [-0.15, -0.1) is 0 Å². The number of piperidine rings is 1. The number of aryl methyl sites for hydroxylation is 1. The summed E-state index contributed by atoms with van der Waals surface area (Å²) in [5.41, 5.74) is 2.15. The van der Waals surface area contributed by atoms with Crippen LogP contribution in [-0.2, 0) is 11.3 Å². The van der Waals surface area contributed by atoms with Gasteiger partial charge in [0.05, 0.1) is 0 Å². The highest BCUT2D eigenvalue weighted by Gasteiger charge is 2.24. The minimum absolute atomic E-state index is 0.0285. The molecular formula is C23H27F2N3O2. The lowest BCUT2D eigenvalue weighted by atomic mass is 9.93. The van der Waals surface area contributed by atoms with E-state index in [4.69, 9.17) is 0 Å². The predicted octanol–water partition coefficient (Wildman–Crippen LogP) is 4.61. The molecule has 1 aliphatic heterocycles. The number of urea groups is 1. The molecule has 1 saturated heterocycles. The molecule has 0 aliphatic carbocycles. The van der Waals surface area contributed by atoms with Gasteiger partial charge in [-0.25, -0.2) is 13.6 Å². The number of amides is 3. The molecule has 0 radical (unpaired) electrons. The zero-order chi connectivity index (χ0) is 21.5. The first-order chi connectivity index (χ1) is 14.4. The predicted molar refractivity (Wildman–Crippen MR) is 112 cm³/mol. The number of carbonyl (C=O) groups excluding carboxylic acids is 2. The van der Waals surface area contributed by atoms with Crippen molar-refractivity contribution in [2.45, 2.75) is 39.2 Å². The van der Waals surface area contributed by atoms with Crippen molar-refractivity contribution in [3.8, 4) is 0 Å². The first-order valence-electron chi connectivity index (χ1n) is 10.2. The van der Waals surface area contributed by atoms with E-state index in [0.717, 1.165) is 30.2 Å². The van der Waals surface area contributed by atoms with Crippen LogP contribution in [0.15, 0.2) is 42.5 Å². The summed E-state index contributed by atoms with van der Waals surface area (Å²) in [6.45, 7) is 3.33. The summed E-state index contributed by atoms with van der Waals surface area (Å²) in [5.74, 6) is -1.25. The fourth-order valence-electron chi connectivity index (χ4n) is 3.61. The molecule has 3 rings (SSSR count). The smallest absolute Gasteiger partial charge is 0.321 e. The lowest BCUT2D eigenvalue weighted by Gasteiger charge is -2.32. The summed E-state index contributed by atoms with van der Waals surface area (Å²) < 4.78 is 26.6. The molecular weight excluding hydrogens is 388 g/mol. The summed E-state index contributed by atoms with van der Waals surface area (Å²) in [6.07, 6.45) is 2.83. The van der Waals surface area contributed by atoms with Crippen LogP contribution in [0.2, 0.25) is 0 Å². The second-order valence-corrected chi connectivity index (χ2v) is 7.80. The molecule has 2 N–H and O–H groups in total. The monoisotopic (exact) mass is 415 g/mol. The lowest BCUT2D eigenvalue weighted by Crippen LogP contribution is -2.42. The van der Waals surface area contributed by atoms with Crippen LogP contribution in [0.5, 0.6) is 0 Å². The molecule has 1 aliphatic rings. The van der Waals surface area contributed by atoms with Crippen molar-refractivity contribution < 1.29 is 18.4 Å². The number of nitrogens with zero attached hydrogens (tertiary/aromatic N) is 1. The second-order valence-electron chi connectivity index (χ2n) is 7.80. The molecule has 2 aromatic carbocycles.